The molecule has 6 nitrogen and oxygen atoms in total. The zero-order valence-electron chi connectivity index (χ0n) is 16.0. The predicted molar refractivity (Wildman–Crippen MR) is 120 cm³/mol. The second-order valence-electron chi connectivity index (χ2n) is 7.03. The van der Waals surface area contributed by atoms with Gasteiger partial charge in [-0.2, -0.15) is 0 Å². The predicted octanol–water partition coefficient (Wildman–Crippen LogP) is 4.54. The summed E-state index contributed by atoms with van der Waals surface area (Å²) in [4.78, 5) is 26.6. The number of hydrogen-bond donors (Lipinski definition) is 1. The lowest BCUT2D eigenvalue weighted by molar-refractivity contribution is 1.01. The molecule has 2 aromatic carbocycles. The number of nitrogens with zero attached hydrogens (tertiary/aromatic N) is 4. The summed E-state index contributed by atoms with van der Waals surface area (Å²) in [5.41, 5.74) is 10.5. The Balaban J connectivity index is 1.90. The van der Waals surface area contributed by atoms with Crippen molar-refractivity contribution in [2.75, 3.05) is 5.73 Å². The normalized spacial score (nSPS) is 11.3. The molecule has 0 aliphatic rings. The number of aromatic nitrogens is 4. The molecule has 0 amide bonds. The summed E-state index contributed by atoms with van der Waals surface area (Å²) in [5, 5.41) is 2.12. The number of fused-ring (bicyclic) bond motifs is 2. The quantitative estimate of drug-likeness (QED) is 0.459. The van der Waals surface area contributed by atoms with Gasteiger partial charge in [-0.05, 0) is 61.0 Å². The van der Waals surface area contributed by atoms with E-state index in [4.69, 9.17) is 17.3 Å². The van der Waals surface area contributed by atoms with Gasteiger partial charge in [0.05, 0.1) is 22.5 Å². The monoisotopic (exact) mass is 413 g/mol. The molecule has 0 atom stereocenters. The molecule has 0 saturated carbocycles. The molecule has 0 spiro atoms. The van der Waals surface area contributed by atoms with Gasteiger partial charge in [0, 0.05) is 27.7 Å². The molecule has 3 heterocycles. The zero-order valence-corrected chi connectivity index (χ0v) is 16.8. The van der Waals surface area contributed by atoms with Crippen LogP contribution in [-0.4, -0.2) is 19.5 Å². The number of anilines is 1. The molecule has 30 heavy (non-hydrogen) atoms. The molecule has 2 N–H and O–H groups in total. The van der Waals surface area contributed by atoms with Crippen molar-refractivity contribution in [2.45, 2.75) is 6.92 Å². The summed E-state index contributed by atoms with van der Waals surface area (Å²) >= 11 is 6.06. The Hall–Kier alpha value is -3.77. The van der Waals surface area contributed by atoms with Crippen LogP contribution in [0.2, 0.25) is 5.02 Å². The molecular formula is C23H16ClN5O. The summed E-state index contributed by atoms with van der Waals surface area (Å²) in [6, 6.07) is 16.4. The van der Waals surface area contributed by atoms with Gasteiger partial charge in [0.25, 0.3) is 5.56 Å². The van der Waals surface area contributed by atoms with Gasteiger partial charge in [-0.15, -0.1) is 0 Å². The number of nitrogens with two attached hydrogens (primary N) is 1. The molecule has 146 valence electrons. The van der Waals surface area contributed by atoms with Crippen LogP contribution in [0.15, 0.2) is 71.9 Å². The highest BCUT2D eigenvalue weighted by Gasteiger charge is 2.19. The Morgan fingerprint density at radius 3 is 2.63 bits per heavy atom. The van der Waals surface area contributed by atoms with Crippen LogP contribution in [0.5, 0.6) is 0 Å². The topological polar surface area (TPSA) is 86.7 Å². The fraction of sp³-hybridized carbons (Fsp3) is 0.0435. The van der Waals surface area contributed by atoms with Crippen LogP contribution in [0, 0.1) is 6.92 Å². The van der Waals surface area contributed by atoms with Crippen molar-refractivity contribution in [1.29, 1.82) is 0 Å². The highest BCUT2D eigenvalue weighted by molar-refractivity contribution is 6.30. The van der Waals surface area contributed by atoms with Crippen molar-refractivity contribution < 1.29 is 0 Å². The fourth-order valence-corrected chi connectivity index (χ4v) is 3.76. The Morgan fingerprint density at radius 2 is 1.83 bits per heavy atom. The smallest absolute Gasteiger partial charge is 0.266 e. The molecule has 7 heteroatoms. The van der Waals surface area contributed by atoms with Gasteiger partial charge in [0.1, 0.15) is 12.0 Å². The van der Waals surface area contributed by atoms with Crippen LogP contribution < -0.4 is 11.3 Å². The van der Waals surface area contributed by atoms with Crippen LogP contribution in [0.1, 0.15) is 5.69 Å². The second-order valence-corrected chi connectivity index (χ2v) is 7.46. The van der Waals surface area contributed by atoms with Gasteiger partial charge in [-0.25, -0.2) is 15.0 Å². The number of nitrogen functional groups attached to an aromatic ring is 1. The van der Waals surface area contributed by atoms with Crippen LogP contribution >= 0.6 is 11.6 Å². The van der Waals surface area contributed by atoms with Crippen LogP contribution in [0.3, 0.4) is 0 Å². The standard InChI is InChI=1S/C23H16ClN5O/c1-13-2-8-18-21(25)20(14-3-9-19-15(10-14)11-26-12-27-19)23(30)29(22(18)28-13)17-6-4-16(24)5-7-17/h2-12H,25H2,1H3. The maximum atomic E-state index is 13.7. The van der Waals surface area contributed by atoms with E-state index in [1.165, 1.54) is 6.33 Å². The molecule has 5 aromatic rings. The third-order valence-corrected chi connectivity index (χ3v) is 5.33. The first-order valence-corrected chi connectivity index (χ1v) is 9.68. The van der Waals surface area contributed by atoms with E-state index in [0.717, 1.165) is 16.6 Å². The Labute approximate surface area is 176 Å². The molecule has 0 saturated heterocycles. The molecule has 0 radical (unpaired) electrons. The van der Waals surface area contributed by atoms with Crippen molar-refractivity contribution in [3.05, 3.63) is 88.2 Å². The zero-order chi connectivity index (χ0) is 20.8. The third-order valence-electron chi connectivity index (χ3n) is 5.08. The van der Waals surface area contributed by atoms with Gasteiger partial charge in [-0.3, -0.25) is 9.36 Å². The minimum atomic E-state index is -0.253. The fourth-order valence-electron chi connectivity index (χ4n) is 3.63. The maximum absolute atomic E-state index is 13.7. The highest BCUT2D eigenvalue weighted by Crippen LogP contribution is 2.31. The van der Waals surface area contributed by atoms with Gasteiger partial charge >= 0.3 is 0 Å². The summed E-state index contributed by atoms with van der Waals surface area (Å²) in [6.07, 6.45) is 3.21. The lowest BCUT2D eigenvalue weighted by Crippen LogP contribution is -2.23. The van der Waals surface area contributed by atoms with Crippen molar-refractivity contribution in [3.63, 3.8) is 0 Å². The van der Waals surface area contributed by atoms with Gasteiger partial charge in [0.15, 0.2) is 0 Å². The minimum absolute atomic E-state index is 0.253. The van der Waals surface area contributed by atoms with Crippen LogP contribution in [-0.2, 0) is 0 Å². The van der Waals surface area contributed by atoms with Crippen molar-refractivity contribution in [2.24, 2.45) is 0 Å². The van der Waals surface area contributed by atoms with E-state index in [0.29, 0.717) is 38.6 Å². The summed E-state index contributed by atoms with van der Waals surface area (Å²) in [7, 11) is 0. The van der Waals surface area contributed by atoms with E-state index in [9.17, 15) is 4.79 Å². The number of pyridine rings is 2. The van der Waals surface area contributed by atoms with E-state index < -0.39 is 0 Å². The van der Waals surface area contributed by atoms with Crippen LogP contribution in [0.4, 0.5) is 5.69 Å². The molecule has 3 aromatic heterocycles. The summed E-state index contributed by atoms with van der Waals surface area (Å²) in [5.74, 6) is 0. The molecule has 5 rings (SSSR count). The highest BCUT2D eigenvalue weighted by atomic mass is 35.5. The molecule has 0 unspecified atom stereocenters. The average molecular weight is 414 g/mol. The van der Waals surface area contributed by atoms with E-state index in [-0.39, 0.29) is 5.56 Å². The molecular weight excluding hydrogens is 398 g/mol. The van der Waals surface area contributed by atoms with Crippen molar-refractivity contribution in [1.82, 2.24) is 19.5 Å². The SMILES string of the molecule is Cc1ccc2c(N)c(-c3ccc4ncncc4c3)c(=O)n(-c3ccc(Cl)cc3)c2n1. The van der Waals surface area contributed by atoms with E-state index >= 15 is 0 Å². The number of aryl methyl sites for hydroxylation is 1. The lowest BCUT2D eigenvalue weighted by Gasteiger charge is -2.16. The first kappa shape index (κ1) is 18.3. The van der Waals surface area contributed by atoms with Gasteiger partial charge in [-0.1, -0.05) is 17.7 Å². The van der Waals surface area contributed by atoms with Gasteiger partial charge < -0.3 is 5.73 Å². The average Bonchev–Trinajstić information content (AvgIpc) is 2.75. The van der Waals surface area contributed by atoms with Crippen molar-refractivity contribution in [3.8, 4) is 16.8 Å². The number of halogens is 1. The van der Waals surface area contributed by atoms with E-state index in [2.05, 4.69) is 15.0 Å². The number of benzene rings is 2. The first-order chi connectivity index (χ1) is 14.5. The Morgan fingerprint density at radius 1 is 1.03 bits per heavy atom. The Bertz CT molecular complexity index is 1490. The maximum Gasteiger partial charge on any atom is 0.266 e. The second kappa shape index (κ2) is 6.93. The Kier molecular flexibility index (Phi) is 4.22. The molecule has 0 fully saturated rings. The largest absolute Gasteiger partial charge is 0.397 e. The minimum Gasteiger partial charge on any atom is -0.397 e. The number of hydrogen-bond acceptors (Lipinski definition) is 5. The molecule has 0 bridgehead atoms. The van der Waals surface area contributed by atoms with Crippen LogP contribution in [0.25, 0.3) is 38.8 Å². The van der Waals surface area contributed by atoms with Crippen molar-refractivity contribution >= 4 is 39.2 Å². The lowest BCUT2D eigenvalue weighted by atomic mass is 10.0. The third kappa shape index (κ3) is 2.89. The number of rotatable bonds is 2. The summed E-state index contributed by atoms with van der Waals surface area (Å²) in [6.45, 7) is 1.88. The first-order valence-electron chi connectivity index (χ1n) is 9.31. The molecule has 0 aliphatic carbocycles. The summed E-state index contributed by atoms with van der Waals surface area (Å²) < 4.78 is 1.58. The van der Waals surface area contributed by atoms with Gasteiger partial charge in [0.2, 0.25) is 0 Å². The van der Waals surface area contributed by atoms with E-state index in [1.807, 2.05) is 37.3 Å². The molecule has 0 aliphatic heterocycles. The van der Waals surface area contributed by atoms with E-state index in [1.54, 1.807) is 35.0 Å².